The van der Waals surface area contributed by atoms with Gasteiger partial charge in [-0.05, 0) is 41.1 Å². The van der Waals surface area contributed by atoms with Gasteiger partial charge in [-0.3, -0.25) is 4.79 Å². The van der Waals surface area contributed by atoms with Crippen LogP contribution in [0.2, 0.25) is 0 Å². The molecule has 2 N–H and O–H groups in total. The Bertz CT molecular complexity index is 717. The van der Waals surface area contributed by atoms with E-state index in [2.05, 4.69) is 26.4 Å². The molecule has 4 nitrogen and oxygen atoms in total. The van der Waals surface area contributed by atoms with E-state index in [4.69, 9.17) is 5.21 Å². The second kappa shape index (κ2) is 6.49. The highest BCUT2D eigenvalue weighted by Crippen LogP contribution is 2.23. The van der Waals surface area contributed by atoms with Gasteiger partial charge in [0.2, 0.25) is 0 Å². The molecule has 0 aliphatic heterocycles. The Labute approximate surface area is 129 Å². The number of hydrogen-bond acceptors (Lipinski definition) is 3. The number of benzene rings is 2. The van der Waals surface area contributed by atoms with Gasteiger partial charge < -0.3 is 10.5 Å². The molecule has 2 aromatic carbocycles. The van der Waals surface area contributed by atoms with Gasteiger partial charge in [0.1, 0.15) is 5.82 Å². The Morgan fingerprint density at radius 2 is 1.86 bits per heavy atom. The molecule has 0 aliphatic carbocycles. The van der Waals surface area contributed by atoms with Crippen LogP contribution in [0.5, 0.6) is 0 Å². The maximum absolute atomic E-state index is 13.5. The third-order valence-electron chi connectivity index (χ3n) is 2.91. The molecule has 0 spiro atoms. The molecule has 108 valence electrons. The molecule has 0 saturated carbocycles. The Morgan fingerprint density at radius 1 is 1.19 bits per heavy atom. The lowest BCUT2D eigenvalue weighted by Gasteiger charge is -2.11. The number of para-hydroxylation sites is 1. The molecule has 0 aliphatic rings. The molecule has 1 amide bonds. The first-order valence-electron chi connectivity index (χ1n) is 6.08. The number of hydrogen-bond donors (Lipinski definition) is 2. The van der Waals surface area contributed by atoms with E-state index >= 15 is 0 Å². The molecule has 0 atom stereocenters. The lowest BCUT2D eigenvalue weighted by molar-refractivity contribution is 0.102. The van der Waals surface area contributed by atoms with Crippen LogP contribution < -0.4 is 5.32 Å². The summed E-state index contributed by atoms with van der Waals surface area (Å²) in [6.07, 6.45) is 0. The Balaban J connectivity index is 2.35. The van der Waals surface area contributed by atoms with Gasteiger partial charge in [0.25, 0.3) is 5.91 Å². The fourth-order valence-electron chi connectivity index (χ4n) is 1.83. The highest BCUT2D eigenvalue weighted by molar-refractivity contribution is 9.10. The van der Waals surface area contributed by atoms with Crippen LogP contribution in [0.1, 0.15) is 22.8 Å². The maximum atomic E-state index is 13.5. The van der Waals surface area contributed by atoms with E-state index in [0.29, 0.717) is 17.0 Å². The minimum absolute atomic E-state index is 0.104. The van der Waals surface area contributed by atoms with Crippen molar-refractivity contribution in [1.82, 2.24) is 0 Å². The lowest BCUT2D eigenvalue weighted by Crippen LogP contribution is -2.15. The summed E-state index contributed by atoms with van der Waals surface area (Å²) in [5, 5.41) is 14.7. The first kappa shape index (κ1) is 15.2. The van der Waals surface area contributed by atoms with Gasteiger partial charge in [-0.2, -0.15) is 0 Å². The third kappa shape index (κ3) is 3.28. The summed E-state index contributed by atoms with van der Waals surface area (Å²) in [5.74, 6) is -0.969. The molecule has 2 rings (SSSR count). The first-order valence-corrected chi connectivity index (χ1v) is 6.87. The Kier molecular flexibility index (Phi) is 4.70. The fraction of sp³-hybridized carbons (Fsp3) is 0.0667. The molecule has 0 fully saturated rings. The van der Waals surface area contributed by atoms with Gasteiger partial charge in [-0.1, -0.05) is 29.4 Å². The normalized spacial score (nSPS) is 11.3. The quantitative estimate of drug-likeness (QED) is 0.498. The van der Waals surface area contributed by atoms with E-state index in [-0.39, 0.29) is 10.0 Å². The van der Waals surface area contributed by atoms with Crippen LogP contribution in [0.15, 0.2) is 52.1 Å². The van der Waals surface area contributed by atoms with Crippen LogP contribution in [0.25, 0.3) is 0 Å². The van der Waals surface area contributed by atoms with Crippen molar-refractivity contribution in [3.8, 4) is 0 Å². The van der Waals surface area contributed by atoms with Crippen molar-refractivity contribution in [2.24, 2.45) is 5.16 Å². The summed E-state index contributed by atoms with van der Waals surface area (Å²) in [4.78, 5) is 12.2. The van der Waals surface area contributed by atoms with Gasteiger partial charge in [-0.25, -0.2) is 4.39 Å². The van der Waals surface area contributed by atoms with E-state index in [1.54, 1.807) is 31.2 Å². The molecule has 0 radical (unpaired) electrons. The molecule has 6 heteroatoms. The second-order valence-electron chi connectivity index (χ2n) is 4.29. The zero-order chi connectivity index (χ0) is 15.4. The number of nitrogens with zero attached hydrogens (tertiary/aromatic N) is 1. The summed E-state index contributed by atoms with van der Waals surface area (Å²) in [5.41, 5.74) is 1.61. The summed E-state index contributed by atoms with van der Waals surface area (Å²) in [7, 11) is 0. The van der Waals surface area contributed by atoms with Crippen LogP contribution in [0, 0.1) is 5.82 Å². The molecule has 0 bridgehead atoms. The lowest BCUT2D eigenvalue weighted by atomic mass is 10.1. The molecule has 0 heterocycles. The fourth-order valence-corrected chi connectivity index (χ4v) is 2.27. The van der Waals surface area contributed by atoms with E-state index in [0.717, 1.165) is 0 Å². The topological polar surface area (TPSA) is 61.7 Å². The molecular weight excluding hydrogens is 339 g/mol. The van der Waals surface area contributed by atoms with Gasteiger partial charge in [0.05, 0.1) is 21.4 Å². The minimum atomic E-state index is -0.510. The molecule has 21 heavy (non-hydrogen) atoms. The highest BCUT2D eigenvalue weighted by atomic mass is 79.9. The number of amides is 1. The molecule has 0 saturated heterocycles. The standard InChI is InChI=1S/C15H12BrFN2O2/c1-9(19-21)10-5-2-3-8-13(10)18-15(20)11-6-4-7-12(17)14(11)16/h2-8,21H,1H3,(H,18,20)/b19-9-. The number of carbonyl (C=O) groups excluding carboxylic acids is 1. The van der Waals surface area contributed by atoms with Crippen LogP contribution in [-0.2, 0) is 0 Å². The summed E-state index contributed by atoms with van der Waals surface area (Å²) in [6, 6.07) is 11.1. The van der Waals surface area contributed by atoms with Crippen LogP contribution in [-0.4, -0.2) is 16.8 Å². The van der Waals surface area contributed by atoms with Crippen LogP contribution in [0.4, 0.5) is 10.1 Å². The van der Waals surface area contributed by atoms with Crippen molar-refractivity contribution >= 4 is 33.2 Å². The van der Waals surface area contributed by atoms with Crippen molar-refractivity contribution in [1.29, 1.82) is 0 Å². The Hall–Kier alpha value is -2.21. The monoisotopic (exact) mass is 350 g/mol. The summed E-state index contributed by atoms with van der Waals surface area (Å²) in [6.45, 7) is 1.61. The van der Waals surface area contributed by atoms with Crippen LogP contribution >= 0.6 is 15.9 Å². The number of carbonyl (C=O) groups is 1. The van der Waals surface area contributed by atoms with Crippen molar-refractivity contribution in [3.05, 3.63) is 63.9 Å². The summed E-state index contributed by atoms with van der Waals surface area (Å²) >= 11 is 3.06. The molecule has 0 aromatic heterocycles. The predicted molar refractivity (Wildman–Crippen MR) is 82.5 cm³/mol. The van der Waals surface area contributed by atoms with Crippen molar-refractivity contribution in [3.63, 3.8) is 0 Å². The zero-order valence-corrected chi connectivity index (χ0v) is 12.7. The third-order valence-corrected chi connectivity index (χ3v) is 3.72. The van der Waals surface area contributed by atoms with Crippen molar-refractivity contribution in [2.75, 3.05) is 5.32 Å². The first-order chi connectivity index (χ1) is 10.0. The predicted octanol–water partition coefficient (Wildman–Crippen LogP) is 4.04. The van der Waals surface area contributed by atoms with Crippen molar-refractivity contribution in [2.45, 2.75) is 6.92 Å². The number of nitrogens with one attached hydrogen (secondary N) is 1. The van der Waals surface area contributed by atoms with Gasteiger partial charge in [0, 0.05) is 5.56 Å². The Morgan fingerprint density at radius 3 is 2.57 bits per heavy atom. The van der Waals surface area contributed by atoms with Crippen molar-refractivity contribution < 1.29 is 14.4 Å². The molecule has 2 aromatic rings. The van der Waals surface area contributed by atoms with Gasteiger partial charge >= 0.3 is 0 Å². The SMILES string of the molecule is C/C(=N/O)c1ccccc1NC(=O)c1cccc(F)c1Br. The van der Waals surface area contributed by atoms with E-state index in [9.17, 15) is 9.18 Å². The van der Waals surface area contributed by atoms with E-state index in [1.807, 2.05) is 0 Å². The summed E-state index contributed by atoms with van der Waals surface area (Å²) < 4.78 is 13.6. The molecule has 0 unspecified atom stereocenters. The van der Waals surface area contributed by atoms with Gasteiger partial charge in [0.15, 0.2) is 0 Å². The minimum Gasteiger partial charge on any atom is -0.411 e. The highest BCUT2D eigenvalue weighted by Gasteiger charge is 2.15. The van der Waals surface area contributed by atoms with E-state index < -0.39 is 11.7 Å². The number of anilines is 1. The molecular formula is C15H12BrFN2O2. The number of halogens is 2. The van der Waals surface area contributed by atoms with Gasteiger partial charge in [-0.15, -0.1) is 0 Å². The average molecular weight is 351 g/mol. The largest absolute Gasteiger partial charge is 0.411 e. The maximum Gasteiger partial charge on any atom is 0.256 e. The van der Waals surface area contributed by atoms with E-state index in [1.165, 1.54) is 18.2 Å². The van der Waals surface area contributed by atoms with Crippen LogP contribution in [0.3, 0.4) is 0 Å². The number of oxime groups is 1. The number of rotatable bonds is 3. The zero-order valence-electron chi connectivity index (χ0n) is 11.1. The smallest absolute Gasteiger partial charge is 0.256 e. The average Bonchev–Trinajstić information content (AvgIpc) is 2.49. The second-order valence-corrected chi connectivity index (χ2v) is 5.08.